The summed E-state index contributed by atoms with van der Waals surface area (Å²) in [5.74, 6) is -1.22. The second-order valence-electron chi connectivity index (χ2n) is 4.37. The lowest BCUT2D eigenvalue weighted by molar-refractivity contribution is -0.142. The Hall–Kier alpha value is -2.14. The van der Waals surface area contributed by atoms with Crippen LogP contribution in [0.15, 0.2) is 42.5 Å². The number of carbonyl (C=O) groups excluding carboxylic acids is 1. The first kappa shape index (κ1) is 17.9. The molecule has 0 aliphatic carbocycles. The van der Waals surface area contributed by atoms with Crippen LogP contribution in [0.4, 0.5) is 0 Å². The standard InChI is InChI=1S/C9H10O2.C6H11NO2/c1-8(10)11-7-9-5-3-2-4-6-9;1-4(2)3-5(7)6(8)9/h2-6H,7H2,1H3;5H,1,3,7H2,2H3,(H,8,9)/t;5-/m.0/s1. The zero-order chi connectivity index (χ0) is 15.5. The summed E-state index contributed by atoms with van der Waals surface area (Å²) in [7, 11) is 0. The Labute approximate surface area is 119 Å². The van der Waals surface area contributed by atoms with Crippen molar-refractivity contribution in [2.24, 2.45) is 5.73 Å². The molecule has 5 nitrogen and oxygen atoms in total. The van der Waals surface area contributed by atoms with Crippen LogP contribution in [0.1, 0.15) is 25.8 Å². The van der Waals surface area contributed by atoms with Crippen LogP contribution in [0.2, 0.25) is 0 Å². The SMILES string of the molecule is C=C(C)C[C@H](N)C(=O)O.CC(=O)OCc1ccccc1. The van der Waals surface area contributed by atoms with Gasteiger partial charge in [-0.25, -0.2) is 0 Å². The molecule has 0 fully saturated rings. The molecule has 0 heterocycles. The smallest absolute Gasteiger partial charge is 0.320 e. The Morgan fingerprint density at radius 2 is 1.85 bits per heavy atom. The first-order valence-corrected chi connectivity index (χ1v) is 6.13. The minimum Gasteiger partial charge on any atom is -0.480 e. The monoisotopic (exact) mass is 279 g/mol. The van der Waals surface area contributed by atoms with Crippen LogP contribution in [-0.4, -0.2) is 23.1 Å². The molecular formula is C15H21NO4. The Balaban J connectivity index is 0.000000370. The largest absolute Gasteiger partial charge is 0.480 e. The van der Waals surface area contributed by atoms with Crippen LogP contribution in [0, 0.1) is 0 Å². The molecule has 0 aliphatic rings. The molecule has 1 atom stereocenters. The predicted octanol–water partition coefficient (Wildman–Crippen LogP) is 2.11. The zero-order valence-corrected chi connectivity index (χ0v) is 11.8. The van der Waals surface area contributed by atoms with E-state index in [9.17, 15) is 9.59 Å². The van der Waals surface area contributed by atoms with Gasteiger partial charge in [-0.1, -0.05) is 35.9 Å². The fourth-order valence-corrected chi connectivity index (χ4v) is 1.22. The molecule has 1 aromatic carbocycles. The van der Waals surface area contributed by atoms with E-state index in [1.54, 1.807) is 6.92 Å². The summed E-state index contributed by atoms with van der Waals surface area (Å²) in [6, 6.07) is 8.81. The van der Waals surface area contributed by atoms with E-state index in [1.165, 1.54) is 6.92 Å². The van der Waals surface area contributed by atoms with Crippen molar-refractivity contribution in [2.75, 3.05) is 0 Å². The third-order valence-electron chi connectivity index (χ3n) is 2.17. The summed E-state index contributed by atoms with van der Waals surface area (Å²) in [5.41, 5.74) is 6.97. The van der Waals surface area contributed by atoms with Gasteiger partial charge in [0.2, 0.25) is 0 Å². The lowest BCUT2D eigenvalue weighted by atomic mass is 10.1. The third-order valence-corrected chi connectivity index (χ3v) is 2.17. The number of rotatable bonds is 5. The highest BCUT2D eigenvalue weighted by molar-refractivity contribution is 5.73. The molecule has 3 N–H and O–H groups in total. The van der Waals surface area contributed by atoms with E-state index in [0.717, 1.165) is 11.1 Å². The lowest BCUT2D eigenvalue weighted by Gasteiger charge is -2.03. The molecule has 0 saturated carbocycles. The predicted molar refractivity (Wildman–Crippen MR) is 77.0 cm³/mol. The molecule has 0 aliphatic heterocycles. The zero-order valence-electron chi connectivity index (χ0n) is 11.8. The van der Waals surface area contributed by atoms with Gasteiger partial charge >= 0.3 is 11.9 Å². The van der Waals surface area contributed by atoms with Crippen molar-refractivity contribution < 1.29 is 19.4 Å². The first-order chi connectivity index (χ1) is 9.32. The summed E-state index contributed by atoms with van der Waals surface area (Å²) in [6.45, 7) is 7.06. The average Bonchev–Trinajstić information content (AvgIpc) is 2.37. The molecule has 0 bridgehead atoms. The van der Waals surface area contributed by atoms with Gasteiger partial charge in [-0.2, -0.15) is 0 Å². The van der Waals surface area contributed by atoms with Crippen molar-refractivity contribution in [1.82, 2.24) is 0 Å². The third kappa shape index (κ3) is 9.85. The Morgan fingerprint density at radius 3 is 2.20 bits per heavy atom. The second kappa shape index (κ2) is 9.75. The van der Waals surface area contributed by atoms with Gasteiger partial charge in [0.25, 0.3) is 0 Å². The Bertz CT molecular complexity index is 442. The summed E-state index contributed by atoms with van der Waals surface area (Å²) >= 11 is 0. The van der Waals surface area contributed by atoms with Crippen molar-refractivity contribution in [3.63, 3.8) is 0 Å². The van der Waals surface area contributed by atoms with Crippen molar-refractivity contribution in [3.8, 4) is 0 Å². The maximum absolute atomic E-state index is 10.4. The number of carbonyl (C=O) groups is 2. The molecule has 110 valence electrons. The maximum Gasteiger partial charge on any atom is 0.320 e. The highest BCUT2D eigenvalue weighted by atomic mass is 16.5. The summed E-state index contributed by atoms with van der Waals surface area (Å²) in [5, 5.41) is 8.26. The molecule has 0 spiro atoms. The van der Waals surface area contributed by atoms with Crippen LogP contribution >= 0.6 is 0 Å². The minimum atomic E-state index is -0.974. The number of aliphatic carboxylic acids is 1. The molecule has 0 amide bonds. The van der Waals surface area contributed by atoms with E-state index >= 15 is 0 Å². The van der Waals surface area contributed by atoms with Crippen molar-refractivity contribution in [2.45, 2.75) is 32.9 Å². The number of benzene rings is 1. The molecule has 0 aromatic heterocycles. The van der Waals surface area contributed by atoms with E-state index in [4.69, 9.17) is 15.6 Å². The molecule has 0 saturated heterocycles. The van der Waals surface area contributed by atoms with E-state index in [0.29, 0.717) is 13.0 Å². The van der Waals surface area contributed by atoms with Gasteiger partial charge in [-0.3, -0.25) is 9.59 Å². The molecule has 1 aromatic rings. The highest BCUT2D eigenvalue weighted by Crippen LogP contribution is 2.00. The molecule has 5 heteroatoms. The summed E-state index contributed by atoms with van der Waals surface area (Å²) in [4.78, 5) is 20.5. The topological polar surface area (TPSA) is 89.6 Å². The first-order valence-electron chi connectivity index (χ1n) is 6.13. The van der Waals surface area contributed by atoms with Crippen LogP contribution in [0.3, 0.4) is 0 Å². The molecule has 20 heavy (non-hydrogen) atoms. The van der Waals surface area contributed by atoms with E-state index < -0.39 is 12.0 Å². The van der Waals surface area contributed by atoms with Crippen molar-refractivity contribution in [3.05, 3.63) is 48.0 Å². The molecule has 1 rings (SSSR count). The molecule has 0 radical (unpaired) electrons. The number of esters is 1. The highest BCUT2D eigenvalue weighted by Gasteiger charge is 2.09. The molecular weight excluding hydrogens is 258 g/mol. The quantitative estimate of drug-likeness (QED) is 0.636. The van der Waals surface area contributed by atoms with Crippen LogP contribution in [0.25, 0.3) is 0 Å². The normalized spacial score (nSPS) is 10.8. The lowest BCUT2D eigenvalue weighted by Crippen LogP contribution is -2.29. The Morgan fingerprint density at radius 1 is 1.30 bits per heavy atom. The number of ether oxygens (including phenoxy) is 1. The maximum atomic E-state index is 10.4. The van der Waals surface area contributed by atoms with Crippen molar-refractivity contribution in [1.29, 1.82) is 0 Å². The van der Waals surface area contributed by atoms with Gasteiger partial charge in [0.15, 0.2) is 0 Å². The number of nitrogens with two attached hydrogens (primary N) is 1. The van der Waals surface area contributed by atoms with Crippen molar-refractivity contribution >= 4 is 11.9 Å². The Kier molecular flexibility index (Phi) is 8.70. The number of hydrogen-bond donors (Lipinski definition) is 2. The second-order valence-corrected chi connectivity index (χ2v) is 4.37. The van der Waals surface area contributed by atoms with E-state index in [1.807, 2.05) is 30.3 Å². The van der Waals surface area contributed by atoms with Crippen LogP contribution < -0.4 is 5.73 Å². The van der Waals surface area contributed by atoms with Crippen LogP contribution in [-0.2, 0) is 20.9 Å². The van der Waals surface area contributed by atoms with Gasteiger partial charge in [-0.05, 0) is 18.9 Å². The van der Waals surface area contributed by atoms with E-state index in [-0.39, 0.29) is 5.97 Å². The van der Waals surface area contributed by atoms with Crippen LogP contribution in [0.5, 0.6) is 0 Å². The summed E-state index contributed by atoms with van der Waals surface area (Å²) in [6.07, 6.45) is 0.356. The van der Waals surface area contributed by atoms with E-state index in [2.05, 4.69) is 6.58 Å². The minimum absolute atomic E-state index is 0.242. The fraction of sp³-hybridized carbons (Fsp3) is 0.333. The van der Waals surface area contributed by atoms with Gasteiger partial charge in [0.05, 0.1) is 0 Å². The van der Waals surface area contributed by atoms with Gasteiger partial charge in [-0.15, -0.1) is 6.58 Å². The van der Waals surface area contributed by atoms with Gasteiger partial charge < -0.3 is 15.6 Å². The molecule has 0 unspecified atom stereocenters. The number of carboxylic acids is 1. The van der Waals surface area contributed by atoms with Gasteiger partial charge in [0.1, 0.15) is 12.6 Å². The van der Waals surface area contributed by atoms with Gasteiger partial charge in [0, 0.05) is 6.92 Å². The number of carboxylic acid groups (broad SMARTS) is 1. The fourth-order valence-electron chi connectivity index (χ4n) is 1.22. The number of hydrogen-bond acceptors (Lipinski definition) is 4. The average molecular weight is 279 g/mol. The summed E-state index contributed by atoms with van der Waals surface area (Å²) < 4.78 is 4.79.